The molecule has 0 atom stereocenters. The van der Waals surface area contributed by atoms with Gasteiger partial charge >= 0.3 is 0 Å². The highest BCUT2D eigenvalue weighted by Crippen LogP contribution is 2.23. The number of nitrogens with two attached hydrogens (primary N) is 1. The van der Waals surface area contributed by atoms with Gasteiger partial charge < -0.3 is 9.47 Å². The summed E-state index contributed by atoms with van der Waals surface area (Å²) in [6.07, 6.45) is 0. The molecule has 3 aromatic carbocycles. The molecule has 28 heavy (non-hydrogen) atoms. The van der Waals surface area contributed by atoms with Crippen LogP contribution in [0.1, 0.15) is 5.56 Å². The summed E-state index contributed by atoms with van der Waals surface area (Å²) in [7, 11) is -3.70. The second-order valence-corrected chi connectivity index (χ2v) is 7.49. The molecule has 0 saturated heterocycles. The molecule has 0 aliphatic rings. The lowest BCUT2D eigenvalue weighted by Crippen LogP contribution is -2.12. The standard InChI is InChI=1S/C21H18N2O4S/c22-15-16-1-3-17(4-2-16)18-5-7-19(8-6-18)26-13-14-27-20-9-11-21(12-10-20)28(23,24)25/h1-12H,13-14H2,(H2,23,24,25). The lowest BCUT2D eigenvalue weighted by Gasteiger charge is -2.09. The van der Waals surface area contributed by atoms with Gasteiger partial charge in [-0.3, -0.25) is 0 Å². The molecule has 2 N–H and O–H groups in total. The molecule has 3 rings (SSSR count). The molecule has 0 amide bonds. The minimum atomic E-state index is -3.70. The van der Waals surface area contributed by atoms with Crippen LogP contribution in [0, 0.1) is 11.3 Å². The minimum Gasteiger partial charge on any atom is -0.490 e. The van der Waals surface area contributed by atoms with Crippen LogP contribution in [0.15, 0.2) is 77.7 Å². The topological polar surface area (TPSA) is 102 Å². The number of nitrogens with zero attached hydrogens (tertiary/aromatic N) is 1. The van der Waals surface area contributed by atoms with Crippen molar-refractivity contribution in [2.45, 2.75) is 4.90 Å². The van der Waals surface area contributed by atoms with E-state index in [2.05, 4.69) is 6.07 Å². The van der Waals surface area contributed by atoms with Gasteiger partial charge in [-0.1, -0.05) is 24.3 Å². The highest BCUT2D eigenvalue weighted by Gasteiger charge is 2.07. The highest BCUT2D eigenvalue weighted by atomic mass is 32.2. The molecule has 7 heteroatoms. The van der Waals surface area contributed by atoms with E-state index < -0.39 is 10.0 Å². The number of benzene rings is 3. The Morgan fingerprint density at radius 2 is 1.18 bits per heavy atom. The van der Waals surface area contributed by atoms with Crippen molar-refractivity contribution in [1.82, 2.24) is 0 Å². The zero-order valence-corrected chi connectivity index (χ0v) is 15.7. The molecule has 0 bridgehead atoms. The Morgan fingerprint density at radius 3 is 1.61 bits per heavy atom. The third-order valence-electron chi connectivity index (χ3n) is 3.97. The van der Waals surface area contributed by atoms with Crippen molar-refractivity contribution in [3.05, 3.63) is 78.4 Å². The number of sulfonamides is 1. The Labute approximate surface area is 163 Å². The average Bonchev–Trinajstić information content (AvgIpc) is 2.71. The van der Waals surface area contributed by atoms with Gasteiger partial charge in [0.2, 0.25) is 10.0 Å². The lowest BCUT2D eigenvalue weighted by atomic mass is 10.0. The summed E-state index contributed by atoms with van der Waals surface area (Å²) in [6.45, 7) is 0.652. The lowest BCUT2D eigenvalue weighted by molar-refractivity contribution is 0.217. The fraction of sp³-hybridized carbons (Fsp3) is 0.0952. The first-order valence-corrected chi connectivity index (χ1v) is 9.99. The minimum absolute atomic E-state index is 0.0402. The van der Waals surface area contributed by atoms with E-state index in [9.17, 15) is 8.42 Å². The third kappa shape index (κ3) is 5.10. The van der Waals surface area contributed by atoms with E-state index in [1.807, 2.05) is 36.4 Å². The summed E-state index contributed by atoms with van der Waals surface area (Å²) in [6, 6.07) is 23.0. The summed E-state index contributed by atoms with van der Waals surface area (Å²) in [5, 5.41) is 13.9. The van der Waals surface area contributed by atoms with Crippen LogP contribution >= 0.6 is 0 Å². The van der Waals surface area contributed by atoms with Crippen LogP contribution in [0.25, 0.3) is 11.1 Å². The first-order valence-electron chi connectivity index (χ1n) is 8.45. The molecular formula is C21H18N2O4S. The number of ether oxygens (including phenoxy) is 2. The Bertz CT molecular complexity index is 1070. The summed E-state index contributed by atoms with van der Waals surface area (Å²) in [5.74, 6) is 1.25. The van der Waals surface area contributed by atoms with Gasteiger partial charge in [-0.05, 0) is 59.7 Å². The number of rotatable bonds is 7. The Balaban J connectivity index is 1.49. The van der Waals surface area contributed by atoms with E-state index in [1.165, 1.54) is 12.1 Å². The van der Waals surface area contributed by atoms with Crippen LogP contribution in [-0.4, -0.2) is 21.6 Å². The van der Waals surface area contributed by atoms with Gasteiger partial charge in [-0.2, -0.15) is 5.26 Å². The van der Waals surface area contributed by atoms with Gasteiger partial charge in [-0.15, -0.1) is 0 Å². The molecule has 0 spiro atoms. The van der Waals surface area contributed by atoms with Crippen LogP contribution in [0.5, 0.6) is 11.5 Å². The van der Waals surface area contributed by atoms with Crippen LogP contribution in [-0.2, 0) is 10.0 Å². The SMILES string of the molecule is N#Cc1ccc(-c2ccc(OCCOc3ccc(S(N)(=O)=O)cc3)cc2)cc1. The second kappa shape index (κ2) is 8.57. The fourth-order valence-electron chi connectivity index (χ4n) is 2.53. The number of nitriles is 1. The van der Waals surface area contributed by atoms with Crippen molar-refractivity contribution in [3.8, 4) is 28.7 Å². The molecule has 6 nitrogen and oxygen atoms in total. The van der Waals surface area contributed by atoms with Crippen molar-refractivity contribution in [2.24, 2.45) is 5.14 Å². The molecule has 0 aromatic heterocycles. The molecule has 142 valence electrons. The molecule has 3 aromatic rings. The van der Waals surface area contributed by atoms with Crippen LogP contribution in [0.2, 0.25) is 0 Å². The van der Waals surface area contributed by atoms with E-state index in [0.29, 0.717) is 30.3 Å². The predicted molar refractivity (Wildman–Crippen MR) is 105 cm³/mol. The van der Waals surface area contributed by atoms with E-state index in [-0.39, 0.29) is 4.90 Å². The Hall–Kier alpha value is -3.34. The number of hydrogen-bond acceptors (Lipinski definition) is 5. The largest absolute Gasteiger partial charge is 0.490 e. The normalized spacial score (nSPS) is 10.9. The summed E-state index contributed by atoms with van der Waals surface area (Å²) in [4.78, 5) is 0.0402. The van der Waals surface area contributed by atoms with E-state index in [1.54, 1.807) is 24.3 Å². The van der Waals surface area contributed by atoms with Crippen molar-refractivity contribution < 1.29 is 17.9 Å². The molecule has 0 aliphatic heterocycles. The molecular weight excluding hydrogens is 376 g/mol. The first-order chi connectivity index (χ1) is 13.5. The van der Waals surface area contributed by atoms with E-state index >= 15 is 0 Å². The monoisotopic (exact) mass is 394 g/mol. The molecule has 0 heterocycles. The maximum Gasteiger partial charge on any atom is 0.238 e. The van der Waals surface area contributed by atoms with Gasteiger partial charge in [0.1, 0.15) is 24.7 Å². The first kappa shape index (κ1) is 19.4. The van der Waals surface area contributed by atoms with Crippen molar-refractivity contribution in [1.29, 1.82) is 5.26 Å². The van der Waals surface area contributed by atoms with Crippen LogP contribution < -0.4 is 14.6 Å². The zero-order valence-electron chi connectivity index (χ0n) is 14.9. The molecule has 0 aliphatic carbocycles. The van der Waals surface area contributed by atoms with Crippen molar-refractivity contribution in [2.75, 3.05) is 13.2 Å². The fourth-order valence-corrected chi connectivity index (χ4v) is 3.04. The summed E-state index contributed by atoms with van der Waals surface area (Å²) >= 11 is 0. The van der Waals surface area contributed by atoms with Gasteiger partial charge in [0.15, 0.2) is 0 Å². The Morgan fingerprint density at radius 1 is 0.750 bits per heavy atom. The van der Waals surface area contributed by atoms with Gasteiger partial charge in [0.05, 0.1) is 16.5 Å². The summed E-state index contributed by atoms with van der Waals surface area (Å²) < 4.78 is 33.6. The van der Waals surface area contributed by atoms with Gasteiger partial charge in [-0.25, -0.2) is 13.6 Å². The van der Waals surface area contributed by atoms with Crippen LogP contribution in [0.3, 0.4) is 0 Å². The van der Waals surface area contributed by atoms with E-state index in [4.69, 9.17) is 19.9 Å². The summed E-state index contributed by atoms with van der Waals surface area (Å²) in [5.41, 5.74) is 2.68. The molecule has 0 saturated carbocycles. The van der Waals surface area contributed by atoms with Crippen molar-refractivity contribution >= 4 is 10.0 Å². The number of hydrogen-bond donors (Lipinski definition) is 1. The molecule has 0 unspecified atom stereocenters. The third-order valence-corrected chi connectivity index (χ3v) is 4.90. The second-order valence-electron chi connectivity index (χ2n) is 5.93. The number of primary sulfonamides is 1. The Kier molecular flexibility index (Phi) is 5.94. The van der Waals surface area contributed by atoms with Gasteiger partial charge in [0.25, 0.3) is 0 Å². The quantitative estimate of drug-likeness (QED) is 0.619. The molecule has 0 fully saturated rings. The zero-order chi connectivity index (χ0) is 20.0. The van der Waals surface area contributed by atoms with E-state index in [0.717, 1.165) is 11.1 Å². The maximum atomic E-state index is 11.2. The predicted octanol–water partition coefficient (Wildman–Crippen LogP) is 3.33. The van der Waals surface area contributed by atoms with Gasteiger partial charge in [0, 0.05) is 0 Å². The highest BCUT2D eigenvalue weighted by molar-refractivity contribution is 7.89. The maximum absolute atomic E-state index is 11.2. The smallest absolute Gasteiger partial charge is 0.238 e. The average molecular weight is 394 g/mol. The van der Waals surface area contributed by atoms with Crippen molar-refractivity contribution in [3.63, 3.8) is 0 Å². The van der Waals surface area contributed by atoms with Crippen LogP contribution in [0.4, 0.5) is 0 Å². The molecule has 0 radical (unpaired) electrons.